The van der Waals surface area contributed by atoms with Gasteiger partial charge in [0.05, 0.1) is 27.2 Å². The molecular weight excluding hydrogens is 629 g/mol. The van der Waals surface area contributed by atoms with Crippen molar-refractivity contribution in [3.8, 4) is 11.5 Å². The van der Waals surface area contributed by atoms with Crippen molar-refractivity contribution in [3.63, 3.8) is 0 Å². The van der Waals surface area contributed by atoms with Crippen LogP contribution in [0.1, 0.15) is 11.1 Å². The van der Waals surface area contributed by atoms with Gasteiger partial charge >= 0.3 is 0 Å². The number of halogens is 4. The van der Waals surface area contributed by atoms with Gasteiger partial charge in [0.1, 0.15) is 12.4 Å². The zero-order valence-electron chi connectivity index (χ0n) is 17.5. The molecule has 0 saturated carbocycles. The Morgan fingerprint density at radius 1 is 1.15 bits per heavy atom. The molecule has 34 heavy (non-hydrogen) atoms. The maximum absolute atomic E-state index is 13.5. The van der Waals surface area contributed by atoms with E-state index in [0.717, 1.165) is 10.0 Å². The number of amides is 1. The summed E-state index contributed by atoms with van der Waals surface area (Å²) < 4.78 is 26.6. The summed E-state index contributed by atoms with van der Waals surface area (Å²) in [5.74, 6) is 0.369. The molecule has 1 saturated heterocycles. The van der Waals surface area contributed by atoms with Crippen LogP contribution in [0.3, 0.4) is 0 Å². The molecule has 1 fully saturated rings. The number of rotatable bonds is 6. The molecule has 3 aromatic rings. The van der Waals surface area contributed by atoms with E-state index in [0.29, 0.717) is 41.5 Å². The molecule has 0 spiro atoms. The molecule has 0 radical (unpaired) electrons. The fraction of sp³-hybridized carbons (Fsp3) is 0.0833. The lowest BCUT2D eigenvalue weighted by Crippen LogP contribution is -2.27. The number of hydrogen-bond donors (Lipinski definition) is 0. The van der Waals surface area contributed by atoms with Gasteiger partial charge in [-0.25, -0.2) is 4.39 Å². The Balaban J connectivity index is 1.59. The summed E-state index contributed by atoms with van der Waals surface area (Å²) in [7, 11) is 1.53. The Hall–Kier alpha value is -1.91. The van der Waals surface area contributed by atoms with Crippen molar-refractivity contribution in [2.75, 3.05) is 12.0 Å². The quantitative estimate of drug-likeness (QED) is 0.201. The molecular formula is C24H15Br2ClFNO3S2. The molecule has 3 aromatic carbocycles. The molecule has 0 N–H and O–H groups in total. The topological polar surface area (TPSA) is 38.8 Å². The number of hydrogen-bond acceptors (Lipinski definition) is 5. The Morgan fingerprint density at radius 3 is 2.65 bits per heavy atom. The van der Waals surface area contributed by atoms with Crippen LogP contribution in [0.25, 0.3) is 6.08 Å². The van der Waals surface area contributed by atoms with Crippen LogP contribution in [0.2, 0.25) is 5.02 Å². The molecule has 10 heteroatoms. The molecule has 0 bridgehead atoms. The van der Waals surface area contributed by atoms with Gasteiger partial charge in [-0.05, 0) is 91.5 Å². The molecule has 1 aliphatic rings. The SMILES string of the molecule is COc1cc(/C=C2/SC(=S)N(c3ccc(Br)c(Cl)c3)C2=O)cc(Br)c1OCc1cccc(F)c1. The number of ether oxygens (including phenoxy) is 2. The van der Waals surface area contributed by atoms with E-state index in [9.17, 15) is 9.18 Å². The predicted molar refractivity (Wildman–Crippen MR) is 146 cm³/mol. The van der Waals surface area contributed by atoms with Crippen LogP contribution in [-0.2, 0) is 11.4 Å². The number of anilines is 1. The fourth-order valence-corrected chi connectivity index (χ4v) is 5.51. The summed E-state index contributed by atoms with van der Waals surface area (Å²) in [6.45, 7) is 0.167. The summed E-state index contributed by atoms with van der Waals surface area (Å²) in [5, 5.41) is 0.484. The molecule has 0 unspecified atom stereocenters. The molecule has 1 aliphatic heterocycles. The normalized spacial score (nSPS) is 14.7. The third kappa shape index (κ3) is 5.49. The van der Waals surface area contributed by atoms with Gasteiger partial charge in [-0.1, -0.05) is 47.7 Å². The van der Waals surface area contributed by atoms with E-state index in [1.807, 2.05) is 6.07 Å². The number of thiocarbonyl (C=S) groups is 1. The van der Waals surface area contributed by atoms with E-state index in [2.05, 4.69) is 31.9 Å². The number of carbonyl (C=O) groups is 1. The predicted octanol–water partition coefficient (Wildman–Crippen LogP) is 8.00. The van der Waals surface area contributed by atoms with Gasteiger partial charge in [0, 0.05) is 4.47 Å². The Kier molecular flexibility index (Phi) is 7.99. The van der Waals surface area contributed by atoms with E-state index in [1.54, 1.807) is 42.5 Å². The van der Waals surface area contributed by atoms with Crippen molar-refractivity contribution in [2.24, 2.45) is 0 Å². The lowest BCUT2D eigenvalue weighted by molar-refractivity contribution is -0.113. The van der Waals surface area contributed by atoms with Crippen LogP contribution < -0.4 is 14.4 Å². The zero-order valence-corrected chi connectivity index (χ0v) is 23.0. The highest BCUT2D eigenvalue weighted by Crippen LogP contribution is 2.41. The van der Waals surface area contributed by atoms with E-state index < -0.39 is 0 Å². The molecule has 1 heterocycles. The minimum absolute atomic E-state index is 0.167. The highest BCUT2D eigenvalue weighted by molar-refractivity contribution is 9.10. The largest absolute Gasteiger partial charge is 0.493 e. The minimum atomic E-state index is -0.329. The van der Waals surface area contributed by atoms with Crippen LogP contribution in [0.4, 0.5) is 10.1 Å². The van der Waals surface area contributed by atoms with Gasteiger partial charge in [0.25, 0.3) is 5.91 Å². The Morgan fingerprint density at radius 2 is 1.94 bits per heavy atom. The van der Waals surface area contributed by atoms with Gasteiger partial charge < -0.3 is 9.47 Å². The van der Waals surface area contributed by atoms with E-state index in [4.69, 9.17) is 33.3 Å². The maximum Gasteiger partial charge on any atom is 0.270 e. The van der Waals surface area contributed by atoms with Crippen molar-refractivity contribution >= 4 is 89.4 Å². The van der Waals surface area contributed by atoms with Crippen LogP contribution in [0.15, 0.2) is 68.4 Å². The Labute approximate surface area is 227 Å². The van der Waals surface area contributed by atoms with Crippen molar-refractivity contribution in [1.82, 2.24) is 0 Å². The summed E-state index contributed by atoms with van der Waals surface area (Å²) >= 11 is 19.7. The standard InChI is InChI=1S/C24H15Br2ClFNO3S2/c1-31-20-9-14(8-18(26)22(20)32-12-13-3-2-4-15(28)7-13)10-21-23(30)29(24(33)34-21)16-5-6-17(25)19(27)11-16/h2-11H,12H2,1H3/b21-10+. The maximum atomic E-state index is 13.5. The van der Waals surface area contributed by atoms with E-state index in [-0.39, 0.29) is 18.3 Å². The minimum Gasteiger partial charge on any atom is -0.493 e. The molecule has 4 rings (SSSR count). The lowest BCUT2D eigenvalue weighted by Gasteiger charge is -2.15. The summed E-state index contributed by atoms with van der Waals surface area (Å²) in [6, 6.07) is 15.0. The first-order valence-corrected chi connectivity index (χ1v) is 12.9. The summed E-state index contributed by atoms with van der Waals surface area (Å²) in [5.41, 5.74) is 2.00. The highest BCUT2D eigenvalue weighted by Gasteiger charge is 2.33. The molecule has 0 aromatic heterocycles. The average molecular weight is 644 g/mol. The first-order valence-electron chi connectivity index (χ1n) is 9.74. The van der Waals surface area contributed by atoms with Gasteiger partial charge in [0.2, 0.25) is 0 Å². The van der Waals surface area contributed by atoms with Gasteiger partial charge in [-0.15, -0.1) is 0 Å². The second-order valence-electron chi connectivity index (χ2n) is 7.07. The third-order valence-corrected chi connectivity index (χ3v) is 7.90. The van der Waals surface area contributed by atoms with Gasteiger partial charge in [0.15, 0.2) is 15.8 Å². The highest BCUT2D eigenvalue weighted by atomic mass is 79.9. The number of benzene rings is 3. The second-order valence-corrected chi connectivity index (χ2v) is 10.9. The average Bonchev–Trinajstić information content (AvgIpc) is 3.07. The van der Waals surface area contributed by atoms with E-state index in [1.165, 1.54) is 35.9 Å². The number of thioether (sulfide) groups is 1. The van der Waals surface area contributed by atoms with Crippen LogP contribution in [0.5, 0.6) is 11.5 Å². The molecule has 174 valence electrons. The lowest BCUT2D eigenvalue weighted by atomic mass is 10.1. The monoisotopic (exact) mass is 641 g/mol. The summed E-state index contributed by atoms with van der Waals surface area (Å²) in [4.78, 5) is 15.0. The second kappa shape index (κ2) is 10.8. The van der Waals surface area contributed by atoms with Gasteiger partial charge in [-0.3, -0.25) is 9.69 Å². The van der Waals surface area contributed by atoms with Crippen molar-refractivity contribution in [1.29, 1.82) is 0 Å². The van der Waals surface area contributed by atoms with Crippen molar-refractivity contribution in [3.05, 3.63) is 90.4 Å². The number of nitrogens with zero attached hydrogens (tertiary/aromatic N) is 1. The van der Waals surface area contributed by atoms with Crippen LogP contribution in [-0.4, -0.2) is 17.3 Å². The smallest absolute Gasteiger partial charge is 0.270 e. The van der Waals surface area contributed by atoms with Crippen molar-refractivity contribution < 1.29 is 18.7 Å². The number of carbonyl (C=O) groups excluding carboxylic acids is 1. The molecule has 0 aliphatic carbocycles. The molecule has 4 nitrogen and oxygen atoms in total. The number of methoxy groups -OCH3 is 1. The Bertz CT molecular complexity index is 1340. The molecule has 1 amide bonds. The summed E-state index contributed by atoms with van der Waals surface area (Å²) in [6.07, 6.45) is 1.74. The van der Waals surface area contributed by atoms with Crippen LogP contribution in [0, 0.1) is 5.82 Å². The van der Waals surface area contributed by atoms with E-state index >= 15 is 0 Å². The van der Waals surface area contributed by atoms with Crippen LogP contribution >= 0.6 is 67.4 Å². The van der Waals surface area contributed by atoms with Crippen molar-refractivity contribution in [2.45, 2.75) is 6.61 Å². The fourth-order valence-electron chi connectivity index (χ4n) is 3.21. The first kappa shape index (κ1) is 25.2. The third-order valence-electron chi connectivity index (χ3n) is 4.78. The zero-order chi connectivity index (χ0) is 24.4. The molecule has 0 atom stereocenters. The first-order chi connectivity index (χ1) is 16.3. The van der Waals surface area contributed by atoms with Gasteiger partial charge in [-0.2, -0.15) is 0 Å².